The molecule has 3 saturated carbocycles. The topological polar surface area (TPSA) is 153 Å². The van der Waals surface area contributed by atoms with Crippen LogP contribution >= 0.6 is 0 Å². The fraction of sp³-hybridized carbons (Fsp3) is 0.719. The smallest absolute Gasteiger partial charge is 0.464 e. The molecule has 4 rings (SSSR count). The zero-order valence-electron chi connectivity index (χ0n) is 26.1. The fourth-order valence-corrected chi connectivity index (χ4v) is 8.14. The molecule has 1 amide bonds. The zero-order valence-corrected chi connectivity index (χ0v) is 26.1. The summed E-state index contributed by atoms with van der Waals surface area (Å²) in [4.78, 5) is 58.4. The first-order valence-corrected chi connectivity index (χ1v) is 15.4. The van der Waals surface area contributed by atoms with Crippen molar-refractivity contribution in [3.05, 3.63) is 23.8 Å². The van der Waals surface area contributed by atoms with Crippen LogP contribution in [0, 0.1) is 28.6 Å². The van der Waals surface area contributed by atoms with Gasteiger partial charge in [0.25, 0.3) is 6.47 Å². The molecule has 4 aliphatic rings. The van der Waals surface area contributed by atoms with Crippen molar-refractivity contribution in [2.24, 2.45) is 28.6 Å². The van der Waals surface area contributed by atoms with Crippen LogP contribution in [0.1, 0.15) is 79.1 Å². The van der Waals surface area contributed by atoms with Gasteiger partial charge < -0.3 is 33.7 Å². The van der Waals surface area contributed by atoms with Gasteiger partial charge in [0.15, 0.2) is 6.10 Å². The van der Waals surface area contributed by atoms with Crippen molar-refractivity contribution in [1.82, 2.24) is 5.32 Å². The molecule has 0 heterocycles. The third-order valence-corrected chi connectivity index (χ3v) is 10.3. The first-order chi connectivity index (χ1) is 20.9. The molecule has 0 radical (unpaired) electrons. The van der Waals surface area contributed by atoms with Gasteiger partial charge in [0.05, 0.1) is 0 Å². The number of alkyl carbamates (subject to hydrolysis) is 1. The van der Waals surface area contributed by atoms with Crippen LogP contribution in [0.3, 0.4) is 0 Å². The molecule has 0 aliphatic heterocycles. The van der Waals surface area contributed by atoms with Gasteiger partial charge >= 0.3 is 24.2 Å². The van der Waals surface area contributed by atoms with E-state index in [1.807, 2.05) is 0 Å². The summed E-state index contributed by atoms with van der Waals surface area (Å²) in [5, 5.41) is 2.19. The molecule has 244 valence electrons. The van der Waals surface area contributed by atoms with Crippen molar-refractivity contribution in [3.63, 3.8) is 0 Å². The van der Waals surface area contributed by atoms with Crippen molar-refractivity contribution in [1.29, 1.82) is 0 Å². The maximum absolute atomic E-state index is 12.7. The number of rotatable bonds is 11. The van der Waals surface area contributed by atoms with Crippen molar-refractivity contribution in [2.45, 2.75) is 97.6 Å². The van der Waals surface area contributed by atoms with Crippen molar-refractivity contribution in [3.8, 4) is 0 Å². The normalized spacial score (nSPS) is 31.8. The van der Waals surface area contributed by atoms with Gasteiger partial charge in [-0.3, -0.25) is 14.4 Å². The lowest BCUT2D eigenvalue weighted by Crippen LogP contribution is -2.51. The van der Waals surface area contributed by atoms with E-state index >= 15 is 0 Å². The zero-order chi connectivity index (χ0) is 32.1. The number of hydrogen-bond donors (Lipinski definition) is 1. The quantitative estimate of drug-likeness (QED) is 0.148. The van der Waals surface area contributed by atoms with Crippen LogP contribution in [0.4, 0.5) is 9.59 Å². The average Bonchev–Trinajstić information content (AvgIpc) is 3.29. The van der Waals surface area contributed by atoms with Gasteiger partial charge in [-0.25, -0.2) is 9.59 Å². The lowest BCUT2D eigenvalue weighted by molar-refractivity contribution is -0.162. The van der Waals surface area contributed by atoms with Crippen LogP contribution in [0.5, 0.6) is 0 Å². The van der Waals surface area contributed by atoms with E-state index < -0.39 is 43.1 Å². The molecule has 1 N–H and O–H groups in total. The molecular formula is C32H45NO11. The van der Waals surface area contributed by atoms with E-state index in [1.54, 1.807) is 5.57 Å². The Hall–Kier alpha value is -3.57. The van der Waals surface area contributed by atoms with Crippen LogP contribution in [-0.4, -0.2) is 68.9 Å². The Kier molecular flexibility index (Phi) is 10.6. The number of fused-ring (bicyclic) bond motifs is 5. The summed E-state index contributed by atoms with van der Waals surface area (Å²) in [6, 6.07) is 0. The fourth-order valence-electron chi connectivity index (χ4n) is 8.14. The number of carbonyl (C=O) groups excluding carboxylic acids is 5. The summed E-state index contributed by atoms with van der Waals surface area (Å²) in [5.74, 6) is 0.197. The number of ether oxygens (including phenoxy) is 6. The summed E-state index contributed by atoms with van der Waals surface area (Å²) in [6.07, 6.45) is 6.13. The molecule has 3 fully saturated rings. The SMILES string of the molecule is C=C1C=C2CCC3[C@H](CC[C@]4(C)C(OC(=O)OC(C)OC(=O)NCC(=O)OC(COC=O)COC(C)=O)CC[C@@H]34)C2(C)CC1. The second kappa shape index (κ2) is 14.0. The van der Waals surface area contributed by atoms with Crippen LogP contribution in [0.15, 0.2) is 23.8 Å². The number of hydrogen-bond acceptors (Lipinski definition) is 11. The highest BCUT2D eigenvalue weighted by atomic mass is 16.8. The molecule has 0 aromatic carbocycles. The third kappa shape index (κ3) is 7.55. The largest absolute Gasteiger partial charge is 0.511 e. The molecule has 0 bridgehead atoms. The van der Waals surface area contributed by atoms with E-state index in [-0.39, 0.29) is 36.6 Å². The second-order valence-electron chi connectivity index (χ2n) is 12.9. The van der Waals surface area contributed by atoms with Gasteiger partial charge in [-0.05, 0) is 74.5 Å². The molecule has 5 unspecified atom stereocenters. The minimum absolute atomic E-state index is 0.137. The highest BCUT2D eigenvalue weighted by Gasteiger charge is 2.60. The number of allylic oxidation sites excluding steroid dienone is 3. The predicted molar refractivity (Wildman–Crippen MR) is 155 cm³/mol. The number of esters is 2. The molecule has 8 atom stereocenters. The maximum atomic E-state index is 12.7. The van der Waals surface area contributed by atoms with E-state index in [9.17, 15) is 24.0 Å². The minimum atomic E-state index is -1.28. The Morgan fingerprint density at radius 2 is 1.80 bits per heavy atom. The lowest BCUT2D eigenvalue weighted by Gasteiger charge is -2.58. The Balaban J connectivity index is 1.22. The molecule has 0 aromatic rings. The molecule has 44 heavy (non-hydrogen) atoms. The molecule has 0 saturated heterocycles. The summed E-state index contributed by atoms with van der Waals surface area (Å²) in [6.45, 7) is 10.3. The van der Waals surface area contributed by atoms with Crippen LogP contribution in [0.2, 0.25) is 0 Å². The molecule has 4 aliphatic carbocycles. The Bertz CT molecular complexity index is 1170. The van der Waals surface area contributed by atoms with Gasteiger partial charge in [-0.1, -0.05) is 37.6 Å². The molecule has 0 spiro atoms. The van der Waals surface area contributed by atoms with Crippen LogP contribution in [-0.2, 0) is 42.8 Å². The molecular weight excluding hydrogens is 574 g/mol. The Labute approximate surface area is 258 Å². The highest BCUT2D eigenvalue weighted by Crippen LogP contribution is 2.66. The van der Waals surface area contributed by atoms with E-state index in [4.69, 9.17) is 23.7 Å². The standard InChI is InChI=1S/C32H45NO11/c1-19-10-12-31(4)22(14-19)6-7-24-25-8-9-27(32(25,5)13-11-26(24)31)44-30(38)42-21(3)41-29(37)33-15-28(36)43-23(16-39-18-34)17-40-20(2)35/h14,18,21,23-27H,1,6-13,15-17H2,2-5H3,(H,33,37)/t21?,23?,24?,25-,26-,27?,31?,32-/m0/s1. The molecule has 0 aromatic heterocycles. The van der Waals surface area contributed by atoms with Gasteiger partial charge in [0, 0.05) is 19.3 Å². The predicted octanol–water partition coefficient (Wildman–Crippen LogP) is 4.75. The Morgan fingerprint density at radius 1 is 1.02 bits per heavy atom. The number of carbonyl (C=O) groups is 5. The summed E-state index contributed by atoms with van der Waals surface area (Å²) >= 11 is 0. The van der Waals surface area contributed by atoms with Crippen molar-refractivity contribution in [2.75, 3.05) is 19.8 Å². The van der Waals surface area contributed by atoms with Gasteiger partial charge in [0.1, 0.15) is 25.9 Å². The number of nitrogens with one attached hydrogen (secondary N) is 1. The van der Waals surface area contributed by atoms with E-state index in [1.165, 1.54) is 19.4 Å². The summed E-state index contributed by atoms with van der Waals surface area (Å²) < 4.78 is 30.4. The average molecular weight is 620 g/mol. The maximum Gasteiger partial charge on any atom is 0.511 e. The lowest BCUT2D eigenvalue weighted by atomic mass is 9.47. The third-order valence-electron chi connectivity index (χ3n) is 10.3. The Morgan fingerprint density at radius 3 is 2.52 bits per heavy atom. The van der Waals surface area contributed by atoms with Gasteiger partial charge in [-0.15, -0.1) is 0 Å². The van der Waals surface area contributed by atoms with Crippen LogP contribution in [0.25, 0.3) is 0 Å². The summed E-state index contributed by atoms with van der Waals surface area (Å²) in [5.41, 5.74) is 2.90. The monoisotopic (exact) mass is 619 g/mol. The second-order valence-corrected chi connectivity index (χ2v) is 12.9. The molecule has 12 heteroatoms. The van der Waals surface area contributed by atoms with Crippen LogP contribution < -0.4 is 5.32 Å². The molecule has 12 nitrogen and oxygen atoms in total. The number of amides is 1. The first-order valence-electron chi connectivity index (χ1n) is 15.4. The highest BCUT2D eigenvalue weighted by molar-refractivity contribution is 5.78. The van der Waals surface area contributed by atoms with E-state index in [0.29, 0.717) is 17.8 Å². The van der Waals surface area contributed by atoms with E-state index in [0.717, 1.165) is 51.4 Å². The van der Waals surface area contributed by atoms with Crippen molar-refractivity contribution < 1.29 is 52.4 Å². The van der Waals surface area contributed by atoms with Crippen molar-refractivity contribution >= 4 is 30.7 Å². The van der Waals surface area contributed by atoms with Gasteiger partial charge in [-0.2, -0.15) is 0 Å². The van der Waals surface area contributed by atoms with E-state index in [2.05, 4.69) is 36.6 Å². The minimum Gasteiger partial charge on any atom is -0.464 e. The first kappa shape index (κ1) is 33.3. The summed E-state index contributed by atoms with van der Waals surface area (Å²) in [7, 11) is 0. The van der Waals surface area contributed by atoms with Gasteiger partial charge in [0.2, 0.25) is 6.29 Å².